The van der Waals surface area contributed by atoms with Crippen molar-refractivity contribution in [2.75, 3.05) is 50.5 Å². The minimum absolute atomic E-state index is 0.687. The zero-order chi connectivity index (χ0) is 14.3. The zero-order valence-corrected chi connectivity index (χ0v) is 13.9. The van der Waals surface area contributed by atoms with Crippen molar-refractivity contribution < 1.29 is 0 Å². The molecule has 1 rings (SSSR count). The topological polar surface area (TPSA) is 44.3 Å². The minimum atomic E-state index is 0.687. The quantitative estimate of drug-likeness (QED) is 0.793. The van der Waals surface area contributed by atoms with Crippen molar-refractivity contribution in [2.24, 2.45) is 0 Å². The molecule has 0 aliphatic heterocycles. The number of aromatic nitrogens is 2. The second-order valence-corrected chi connectivity index (χ2v) is 5.49. The maximum Gasteiger partial charge on any atom is 0.224 e. The molecule has 0 saturated carbocycles. The Morgan fingerprint density at radius 3 is 2.58 bits per heavy atom. The van der Waals surface area contributed by atoms with Gasteiger partial charge in [-0.15, -0.1) is 0 Å². The smallest absolute Gasteiger partial charge is 0.224 e. The highest BCUT2D eigenvalue weighted by Gasteiger charge is 2.11. The molecule has 0 radical (unpaired) electrons. The summed E-state index contributed by atoms with van der Waals surface area (Å²) in [6.07, 6.45) is 2.93. The molecule has 0 aliphatic carbocycles. The Kier molecular flexibility index (Phi) is 7.09. The molecule has 5 nitrogen and oxygen atoms in total. The van der Waals surface area contributed by atoms with Crippen LogP contribution in [0.1, 0.15) is 20.3 Å². The number of nitrogens with one attached hydrogen (secondary N) is 1. The third kappa shape index (κ3) is 5.32. The van der Waals surface area contributed by atoms with Crippen molar-refractivity contribution in [1.82, 2.24) is 14.9 Å². The molecule has 1 aromatic rings. The summed E-state index contributed by atoms with van der Waals surface area (Å²) in [5, 5.41) is 3.15. The Labute approximate surface area is 124 Å². The van der Waals surface area contributed by atoms with Crippen molar-refractivity contribution >= 4 is 27.7 Å². The van der Waals surface area contributed by atoms with Gasteiger partial charge in [0.2, 0.25) is 5.95 Å². The number of anilines is 2. The molecule has 0 amide bonds. The molecule has 1 N–H and O–H groups in total. The molecule has 1 heterocycles. The maximum absolute atomic E-state index is 4.57. The van der Waals surface area contributed by atoms with Gasteiger partial charge in [0.05, 0.1) is 4.47 Å². The van der Waals surface area contributed by atoms with Crippen molar-refractivity contribution in [1.29, 1.82) is 0 Å². The van der Waals surface area contributed by atoms with E-state index in [1.807, 2.05) is 13.1 Å². The van der Waals surface area contributed by atoms with Crippen LogP contribution in [0.3, 0.4) is 0 Å². The van der Waals surface area contributed by atoms with E-state index in [1.54, 1.807) is 0 Å². The number of rotatable bonds is 8. The van der Waals surface area contributed by atoms with Crippen LogP contribution in [0, 0.1) is 0 Å². The minimum Gasteiger partial charge on any atom is -0.356 e. The largest absolute Gasteiger partial charge is 0.356 e. The lowest BCUT2D eigenvalue weighted by atomic mass is 10.3. The highest BCUT2D eigenvalue weighted by Crippen LogP contribution is 2.24. The van der Waals surface area contributed by atoms with E-state index in [9.17, 15) is 0 Å². The summed E-state index contributed by atoms with van der Waals surface area (Å²) in [7, 11) is 4.19. The lowest BCUT2D eigenvalue weighted by Gasteiger charge is -2.24. The SMILES string of the molecule is CCNc1ncc(Br)c(N(CC)CCCN(C)C)n1. The highest BCUT2D eigenvalue weighted by molar-refractivity contribution is 9.10. The number of nitrogens with zero attached hydrogens (tertiary/aromatic N) is 4. The number of halogens is 1. The Morgan fingerprint density at radius 1 is 1.26 bits per heavy atom. The molecule has 1 aromatic heterocycles. The van der Waals surface area contributed by atoms with Crippen LogP contribution in [0.15, 0.2) is 10.7 Å². The normalized spacial score (nSPS) is 10.8. The molecule has 0 bridgehead atoms. The Bertz CT molecular complexity index is 383. The second kappa shape index (κ2) is 8.32. The van der Waals surface area contributed by atoms with Gasteiger partial charge in [-0.1, -0.05) is 0 Å². The van der Waals surface area contributed by atoms with Gasteiger partial charge in [0, 0.05) is 25.8 Å². The van der Waals surface area contributed by atoms with Gasteiger partial charge in [0.1, 0.15) is 5.82 Å². The molecule has 19 heavy (non-hydrogen) atoms. The van der Waals surface area contributed by atoms with Crippen LogP contribution >= 0.6 is 15.9 Å². The molecule has 0 unspecified atom stereocenters. The van der Waals surface area contributed by atoms with Crippen LogP contribution in [-0.2, 0) is 0 Å². The van der Waals surface area contributed by atoms with E-state index in [0.29, 0.717) is 5.95 Å². The molecule has 0 aliphatic rings. The summed E-state index contributed by atoms with van der Waals surface area (Å²) in [4.78, 5) is 13.3. The van der Waals surface area contributed by atoms with Crippen molar-refractivity contribution in [2.45, 2.75) is 20.3 Å². The molecule has 6 heteroatoms. The monoisotopic (exact) mass is 329 g/mol. The second-order valence-electron chi connectivity index (χ2n) is 4.63. The van der Waals surface area contributed by atoms with Gasteiger partial charge < -0.3 is 15.1 Å². The van der Waals surface area contributed by atoms with E-state index < -0.39 is 0 Å². The third-order valence-electron chi connectivity index (χ3n) is 2.78. The van der Waals surface area contributed by atoms with Crippen LogP contribution in [-0.4, -0.2) is 55.1 Å². The first-order valence-corrected chi connectivity index (χ1v) is 7.53. The standard InChI is InChI=1S/C13H24BrN5/c1-5-15-13-16-10-11(14)12(17-13)19(6-2)9-7-8-18(3)4/h10H,5-9H2,1-4H3,(H,15,16,17). The van der Waals surface area contributed by atoms with Crippen LogP contribution in [0.25, 0.3) is 0 Å². The summed E-state index contributed by atoms with van der Waals surface area (Å²) in [5.41, 5.74) is 0. The molecule has 0 atom stereocenters. The lowest BCUT2D eigenvalue weighted by Crippen LogP contribution is -2.28. The molecule has 0 spiro atoms. The van der Waals surface area contributed by atoms with Crippen LogP contribution in [0.5, 0.6) is 0 Å². The van der Waals surface area contributed by atoms with Crippen molar-refractivity contribution in [3.05, 3.63) is 10.7 Å². The molecule has 0 fully saturated rings. The van der Waals surface area contributed by atoms with E-state index in [-0.39, 0.29) is 0 Å². The van der Waals surface area contributed by atoms with E-state index in [1.165, 1.54) is 0 Å². The molecular formula is C13H24BrN5. The Balaban J connectivity index is 2.75. The first kappa shape index (κ1) is 16.2. The van der Waals surface area contributed by atoms with E-state index in [2.05, 4.69) is 62.0 Å². The molecule has 0 aromatic carbocycles. The van der Waals surface area contributed by atoms with Gasteiger partial charge in [0.15, 0.2) is 0 Å². The Morgan fingerprint density at radius 2 is 2.00 bits per heavy atom. The van der Waals surface area contributed by atoms with Crippen LogP contribution in [0.2, 0.25) is 0 Å². The first-order chi connectivity index (χ1) is 9.08. The number of hydrogen-bond donors (Lipinski definition) is 1. The predicted octanol–water partition coefficient (Wildman–Crippen LogP) is 2.45. The maximum atomic E-state index is 4.57. The van der Waals surface area contributed by atoms with Gasteiger partial charge in [-0.3, -0.25) is 0 Å². The van der Waals surface area contributed by atoms with Gasteiger partial charge in [-0.25, -0.2) is 4.98 Å². The Hall–Kier alpha value is -0.880. The highest BCUT2D eigenvalue weighted by atomic mass is 79.9. The van der Waals surface area contributed by atoms with Crippen LogP contribution in [0.4, 0.5) is 11.8 Å². The molecular weight excluding hydrogens is 306 g/mol. The van der Waals surface area contributed by atoms with E-state index in [0.717, 1.165) is 42.9 Å². The summed E-state index contributed by atoms with van der Waals surface area (Å²) >= 11 is 3.54. The van der Waals surface area contributed by atoms with Gasteiger partial charge >= 0.3 is 0 Å². The van der Waals surface area contributed by atoms with Crippen molar-refractivity contribution in [3.63, 3.8) is 0 Å². The lowest BCUT2D eigenvalue weighted by molar-refractivity contribution is 0.400. The van der Waals surface area contributed by atoms with Crippen molar-refractivity contribution in [3.8, 4) is 0 Å². The molecule has 108 valence electrons. The average molecular weight is 330 g/mol. The zero-order valence-electron chi connectivity index (χ0n) is 12.3. The van der Waals surface area contributed by atoms with E-state index >= 15 is 0 Å². The molecule has 0 saturated heterocycles. The third-order valence-corrected chi connectivity index (χ3v) is 3.33. The van der Waals surface area contributed by atoms with Gasteiger partial charge in [-0.2, -0.15) is 4.98 Å². The summed E-state index contributed by atoms with van der Waals surface area (Å²) in [6, 6.07) is 0. The van der Waals surface area contributed by atoms with Gasteiger partial charge in [0.25, 0.3) is 0 Å². The number of hydrogen-bond acceptors (Lipinski definition) is 5. The fraction of sp³-hybridized carbons (Fsp3) is 0.692. The van der Waals surface area contributed by atoms with E-state index in [4.69, 9.17) is 0 Å². The summed E-state index contributed by atoms with van der Waals surface area (Å²) < 4.78 is 0.945. The van der Waals surface area contributed by atoms with Gasteiger partial charge in [-0.05, 0) is 56.8 Å². The average Bonchev–Trinajstić information content (AvgIpc) is 2.37. The fourth-order valence-electron chi connectivity index (χ4n) is 1.81. The van der Waals surface area contributed by atoms with Crippen LogP contribution < -0.4 is 10.2 Å². The summed E-state index contributed by atoms with van der Waals surface area (Å²) in [5.74, 6) is 1.65. The predicted molar refractivity (Wildman–Crippen MR) is 85.0 cm³/mol. The summed E-state index contributed by atoms with van der Waals surface area (Å²) in [6.45, 7) is 8.04. The fourth-order valence-corrected chi connectivity index (χ4v) is 2.26. The first-order valence-electron chi connectivity index (χ1n) is 6.74.